The van der Waals surface area contributed by atoms with Gasteiger partial charge in [0.25, 0.3) is 0 Å². The van der Waals surface area contributed by atoms with Crippen LogP contribution in [0.2, 0.25) is 0 Å². The van der Waals surface area contributed by atoms with Crippen LogP contribution >= 0.6 is 22.6 Å². The Hall–Kier alpha value is -1.03. The van der Waals surface area contributed by atoms with Gasteiger partial charge in [-0.1, -0.05) is 30.3 Å². The average Bonchev–Trinajstić information content (AvgIpc) is 3.00. The van der Waals surface area contributed by atoms with E-state index in [1.807, 2.05) is 18.2 Å². The van der Waals surface area contributed by atoms with Crippen molar-refractivity contribution >= 4 is 22.6 Å². The molecule has 0 saturated carbocycles. The first-order chi connectivity index (χ1) is 6.86. The lowest BCUT2D eigenvalue weighted by Crippen LogP contribution is -1.72. The van der Waals surface area contributed by atoms with Crippen LogP contribution in [0.5, 0.6) is 11.5 Å². The molecule has 0 bridgehead atoms. The Morgan fingerprint density at radius 2 is 1.64 bits per heavy atom. The van der Waals surface area contributed by atoms with Gasteiger partial charge in [-0.2, -0.15) is 0 Å². The molecule has 68 valence electrons. The summed E-state index contributed by atoms with van der Waals surface area (Å²) in [5, 5.41) is 0. The van der Waals surface area contributed by atoms with Crippen molar-refractivity contribution in [3.63, 3.8) is 0 Å². The summed E-state index contributed by atoms with van der Waals surface area (Å²) in [6, 6.07) is 14.5. The molecule has 0 amide bonds. The first-order valence-corrected chi connectivity index (χ1v) is 5.50. The first-order valence-electron chi connectivity index (χ1n) is 4.42. The van der Waals surface area contributed by atoms with Gasteiger partial charge in [0.1, 0.15) is 0 Å². The van der Waals surface area contributed by atoms with E-state index in [-0.39, 0.29) is 0 Å². The molecule has 3 rings (SSSR count). The molecule has 0 aromatic heterocycles. The highest BCUT2D eigenvalue weighted by Crippen LogP contribution is 2.54. The summed E-state index contributed by atoms with van der Waals surface area (Å²) in [5.74, 6) is 2.09. The Bertz CT molecular complexity index is 491. The molecule has 0 atom stereocenters. The molecule has 2 heteroatoms. The van der Waals surface area contributed by atoms with Crippen LogP contribution in [0.25, 0.3) is 11.1 Å². The monoisotopic (exact) mass is 294 g/mol. The number of rotatable bonds is 1. The largest absolute Gasteiger partial charge is 0.448 e. The van der Waals surface area contributed by atoms with E-state index in [1.54, 1.807) is 0 Å². The van der Waals surface area contributed by atoms with Crippen LogP contribution < -0.4 is 4.74 Å². The number of fused-ring (bicyclic) bond motifs is 1. The lowest BCUT2D eigenvalue weighted by molar-refractivity contribution is 0.648. The van der Waals surface area contributed by atoms with Gasteiger partial charge in [-0.3, -0.25) is 0 Å². The minimum Gasteiger partial charge on any atom is -0.448 e. The van der Waals surface area contributed by atoms with Crippen molar-refractivity contribution in [3.05, 3.63) is 46.0 Å². The third-order valence-electron chi connectivity index (χ3n) is 2.31. The van der Waals surface area contributed by atoms with Crippen molar-refractivity contribution in [2.75, 3.05) is 0 Å². The molecule has 1 aliphatic heterocycles. The smallest absolute Gasteiger partial charge is 0.184 e. The summed E-state index contributed by atoms with van der Waals surface area (Å²) in [5.41, 5.74) is 2.42. The Kier molecular flexibility index (Phi) is 1.77. The summed E-state index contributed by atoms with van der Waals surface area (Å²) >= 11 is 2.29. The van der Waals surface area contributed by atoms with E-state index in [0.717, 1.165) is 11.5 Å². The van der Waals surface area contributed by atoms with Crippen LogP contribution in [0.3, 0.4) is 0 Å². The summed E-state index contributed by atoms with van der Waals surface area (Å²) in [7, 11) is 0. The third-order valence-corrected chi connectivity index (χ3v) is 3.16. The van der Waals surface area contributed by atoms with Crippen molar-refractivity contribution in [1.82, 2.24) is 0 Å². The van der Waals surface area contributed by atoms with Gasteiger partial charge in [0.2, 0.25) is 0 Å². The van der Waals surface area contributed by atoms with Gasteiger partial charge in [0.05, 0.1) is 3.57 Å². The highest BCUT2D eigenvalue weighted by atomic mass is 127. The van der Waals surface area contributed by atoms with Gasteiger partial charge in [0.15, 0.2) is 11.5 Å². The maximum atomic E-state index is 5.45. The molecule has 2 aromatic rings. The molecule has 0 N–H and O–H groups in total. The number of halogens is 1. The second-order valence-corrected chi connectivity index (χ2v) is 4.38. The number of benzene rings is 2. The SMILES string of the molecule is Ic1ccc(-c2ccccc2)c2c1O2. The fraction of sp³-hybridized carbons (Fsp3) is 0. The van der Waals surface area contributed by atoms with Crippen molar-refractivity contribution in [2.24, 2.45) is 0 Å². The lowest BCUT2D eigenvalue weighted by Gasteiger charge is -1.96. The summed E-state index contributed by atoms with van der Waals surface area (Å²) in [4.78, 5) is 0. The summed E-state index contributed by atoms with van der Waals surface area (Å²) < 4.78 is 6.64. The first kappa shape index (κ1) is 8.29. The Labute approximate surface area is 95.9 Å². The topological polar surface area (TPSA) is 12.5 Å². The molecule has 1 heterocycles. The van der Waals surface area contributed by atoms with Crippen LogP contribution in [-0.2, 0) is 0 Å². The van der Waals surface area contributed by atoms with E-state index in [9.17, 15) is 0 Å². The second-order valence-electron chi connectivity index (χ2n) is 3.22. The van der Waals surface area contributed by atoms with Crippen molar-refractivity contribution in [3.8, 4) is 22.6 Å². The molecule has 0 aliphatic carbocycles. The molecule has 0 radical (unpaired) electrons. The number of ether oxygens (including phenoxy) is 1. The Balaban J connectivity index is 2.16. The quantitative estimate of drug-likeness (QED) is 0.487. The molecular weight excluding hydrogens is 287 g/mol. The van der Waals surface area contributed by atoms with Crippen LogP contribution in [0, 0.1) is 3.57 Å². The van der Waals surface area contributed by atoms with E-state index in [0.29, 0.717) is 0 Å². The fourth-order valence-corrected chi connectivity index (χ4v) is 2.10. The Morgan fingerprint density at radius 3 is 2.43 bits per heavy atom. The minimum atomic E-state index is 1.04. The predicted molar refractivity (Wildman–Crippen MR) is 64.7 cm³/mol. The van der Waals surface area contributed by atoms with Gasteiger partial charge in [-0.05, 0) is 40.3 Å². The van der Waals surface area contributed by atoms with Gasteiger partial charge < -0.3 is 4.74 Å². The fourth-order valence-electron chi connectivity index (χ4n) is 1.56. The molecule has 1 nitrogen and oxygen atoms in total. The van der Waals surface area contributed by atoms with E-state index in [4.69, 9.17) is 4.74 Å². The van der Waals surface area contributed by atoms with E-state index < -0.39 is 0 Å². The Morgan fingerprint density at radius 1 is 0.857 bits per heavy atom. The van der Waals surface area contributed by atoms with Gasteiger partial charge in [0, 0.05) is 5.56 Å². The zero-order valence-electron chi connectivity index (χ0n) is 7.33. The lowest BCUT2D eigenvalue weighted by atomic mass is 10.1. The van der Waals surface area contributed by atoms with Gasteiger partial charge in [-0.15, -0.1) is 0 Å². The minimum absolute atomic E-state index is 1.04. The molecule has 0 fully saturated rings. The number of hydrogen-bond acceptors (Lipinski definition) is 1. The standard InChI is InChI=1S/C12H7IO/c13-10-7-6-9(11-12(10)14-11)8-4-2-1-3-5-8/h1-7H. The van der Waals surface area contributed by atoms with E-state index in [1.165, 1.54) is 14.7 Å². The van der Waals surface area contributed by atoms with Crippen LogP contribution in [-0.4, -0.2) is 0 Å². The highest BCUT2D eigenvalue weighted by molar-refractivity contribution is 14.1. The summed E-state index contributed by atoms with van der Waals surface area (Å²) in [6.07, 6.45) is 0. The van der Waals surface area contributed by atoms with Gasteiger partial charge in [-0.25, -0.2) is 0 Å². The van der Waals surface area contributed by atoms with Crippen molar-refractivity contribution < 1.29 is 4.74 Å². The highest BCUT2D eigenvalue weighted by Gasteiger charge is 2.27. The maximum absolute atomic E-state index is 5.45. The van der Waals surface area contributed by atoms with Gasteiger partial charge >= 0.3 is 0 Å². The van der Waals surface area contributed by atoms with E-state index in [2.05, 4.69) is 46.9 Å². The van der Waals surface area contributed by atoms with Crippen LogP contribution in [0.15, 0.2) is 42.5 Å². The second kappa shape index (κ2) is 2.98. The molecule has 0 spiro atoms. The van der Waals surface area contributed by atoms with Crippen molar-refractivity contribution in [2.45, 2.75) is 0 Å². The zero-order valence-corrected chi connectivity index (χ0v) is 9.49. The molecular formula is C12H7IO. The predicted octanol–water partition coefficient (Wildman–Crippen LogP) is 4.06. The maximum Gasteiger partial charge on any atom is 0.184 e. The average molecular weight is 294 g/mol. The molecule has 0 unspecified atom stereocenters. The molecule has 2 aromatic carbocycles. The molecule has 1 aliphatic rings. The van der Waals surface area contributed by atoms with Crippen LogP contribution in [0.1, 0.15) is 0 Å². The third kappa shape index (κ3) is 1.21. The molecule has 0 saturated heterocycles. The van der Waals surface area contributed by atoms with Crippen LogP contribution in [0.4, 0.5) is 0 Å². The van der Waals surface area contributed by atoms with E-state index >= 15 is 0 Å². The normalized spacial score (nSPS) is 11.8. The number of hydrogen-bond donors (Lipinski definition) is 0. The summed E-state index contributed by atoms with van der Waals surface area (Å²) in [6.45, 7) is 0. The zero-order chi connectivity index (χ0) is 9.54. The molecule has 14 heavy (non-hydrogen) atoms. The van der Waals surface area contributed by atoms with Crippen molar-refractivity contribution in [1.29, 1.82) is 0 Å².